The number of aromatic nitrogens is 2. The van der Waals surface area contributed by atoms with Gasteiger partial charge < -0.3 is 9.30 Å². The van der Waals surface area contributed by atoms with E-state index in [4.69, 9.17) is 9.72 Å². The molecule has 0 saturated carbocycles. The van der Waals surface area contributed by atoms with Gasteiger partial charge in [-0.3, -0.25) is 0 Å². The molecule has 33 heavy (non-hydrogen) atoms. The van der Waals surface area contributed by atoms with Gasteiger partial charge in [-0.2, -0.15) is 4.31 Å². The van der Waals surface area contributed by atoms with E-state index in [-0.39, 0.29) is 6.10 Å². The highest BCUT2D eigenvalue weighted by molar-refractivity contribution is 7.98. The SMILES string of the molecule is CCc1ccc(CSc2nc3cc(S(=O)(=O)N(CC)CC)ccc3n2CC2CCCO2)cc1. The maximum atomic E-state index is 13.0. The minimum Gasteiger partial charge on any atom is -0.376 e. The molecule has 1 aliphatic rings. The van der Waals surface area contributed by atoms with Gasteiger partial charge in [0.1, 0.15) is 0 Å². The van der Waals surface area contributed by atoms with Gasteiger partial charge in [-0.25, -0.2) is 13.4 Å². The van der Waals surface area contributed by atoms with Crippen LogP contribution in [0, 0.1) is 0 Å². The molecule has 1 saturated heterocycles. The van der Waals surface area contributed by atoms with Crippen LogP contribution in [-0.2, 0) is 33.5 Å². The summed E-state index contributed by atoms with van der Waals surface area (Å²) in [6, 6.07) is 14.0. The Hall–Kier alpha value is -1.87. The van der Waals surface area contributed by atoms with Gasteiger partial charge in [-0.1, -0.05) is 56.8 Å². The molecule has 3 aromatic rings. The number of benzene rings is 2. The molecule has 1 unspecified atom stereocenters. The van der Waals surface area contributed by atoms with Gasteiger partial charge in [0.25, 0.3) is 0 Å². The number of rotatable bonds is 10. The lowest BCUT2D eigenvalue weighted by Crippen LogP contribution is -2.30. The molecule has 1 atom stereocenters. The lowest BCUT2D eigenvalue weighted by Gasteiger charge is -2.18. The van der Waals surface area contributed by atoms with Crippen LogP contribution in [0.15, 0.2) is 52.5 Å². The number of hydrogen-bond acceptors (Lipinski definition) is 5. The Balaban J connectivity index is 1.67. The third-order valence-corrected chi connectivity index (χ3v) is 9.33. The number of nitrogens with zero attached hydrogens (tertiary/aromatic N) is 3. The van der Waals surface area contributed by atoms with E-state index in [9.17, 15) is 8.42 Å². The van der Waals surface area contributed by atoms with Crippen LogP contribution in [0.25, 0.3) is 11.0 Å². The van der Waals surface area contributed by atoms with Crippen molar-refractivity contribution in [2.24, 2.45) is 0 Å². The number of thioether (sulfide) groups is 1. The molecule has 1 aliphatic heterocycles. The molecule has 0 N–H and O–H groups in total. The molecule has 0 spiro atoms. The van der Waals surface area contributed by atoms with Crippen molar-refractivity contribution in [3.05, 3.63) is 53.6 Å². The molecule has 1 fully saturated rings. The van der Waals surface area contributed by atoms with Crippen molar-refractivity contribution in [2.45, 2.75) is 68.5 Å². The molecule has 178 valence electrons. The summed E-state index contributed by atoms with van der Waals surface area (Å²) >= 11 is 1.69. The van der Waals surface area contributed by atoms with Crippen LogP contribution in [-0.4, -0.2) is 48.1 Å². The van der Waals surface area contributed by atoms with Gasteiger partial charge >= 0.3 is 0 Å². The second-order valence-corrected chi connectivity index (χ2v) is 11.2. The first-order valence-corrected chi connectivity index (χ1v) is 14.2. The normalized spacial score (nSPS) is 16.8. The summed E-state index contributed by atoms with van der Waals surface area (Å²) in [5.41, 5.74) is 4.24. The minimum absolute atomic E-state index is 0.171. The molecular weight excluding hydrogens is 454 g/mol. The van der Waals surface area contributed by atoms with Gasteiger partial charge in [0, 0.05) is 25.4 Å². The first-order chi connectivity index (χ1) is 16.0. The van der Waals surface area contributed by atoms with Gasteiger partial charge in [-0.15, -0.1) is 0 Å². The molecule has 1 aromatic heterocycles. The van der Waals surface area contributed by atoms with Crippen molar-refractivity contribution in [3.63, 3.8) is 0 Å². The van der Waals surface area contributed by atoms with E-state index in [1.165, 1.54) is 15.4 Å². The third-order valence-electron chi connectivity index (χ3n) is 6.24. The largest absolute Gasteiger partial charge is 0.376 e. The Morgan fingerprint density at radius 2 is 1.82 bits per heavy atom. The Kier molecular flexibility index (Phi) is 7.79. The van der Waals surface area contributed by atoms with E-state index < -0.39 is 10.0 Å². The van der Waals surface area contributed by atoms with E-state index in [1.54, 1.807) is 23.9 Å². The summed E-state index contributed by atoms with van der Waals surface area (Å²) in [6.45, 7) is 8.30. The van der Waals surface area contributed by atoms with Crippen molar-refractivity contribution in [2.75, 3.05) is 19.7 Å². The van der Waals surface area contributed by atoms with Crippen molar-refractivity contribution in [1.29, 1.82) is 0 Å². The smallest absolute Gasteiger partial charge is 0.243 e. The number of ether oxygens (including phenoxy) is 1. The van der Waals surface area contributed by atoms with Crippen LogP contribution < -0.4 is 0 Å². The van der Waals surface area contributed by atoms with Crippen LogP contribution in [0.5, 0.6) is 0 Å². The van der Waals surface area contributed by atoms with Crippen molar-refractivity contribution in [1.82, 2.24) is 13.9 Å². The van der Waals surface area contributed by atoms with Crippen molar-refractivity contribution in [3.8, 4) is 0 Å². The average molecular weight is 488 g/mol. The second kappa shape index (κ2) is 10.6. The Bertz CT molecular complexity index is 1180. The predicted molar refractivity (Wildman–Crippen MR) is 134 cm³/mol. The molecule has 0 amide bonds. The van der Waals surface area contributed by atoms with Crippen molar-refractivity contribution < 1.29 is 13.2 Å². The van der Waals surface area contributed by atoms with E-state index in [0.717, 1.165) is 48.8 Å². The van der Waals surface area contributed by atoms with Gasteiger partial charge in [0.05, 0.1) is 28.6 Å². The summed E-state index contributed by atoms with van der Waals surface area (Å²) in [4.78, 5) is 5.17. The highest BCUT2D eigenvalue weighted by atomic mass is 32.2. The van der Waals surface area contributed by atoms with Gasteiger partial charge in [-0.05, 0) is 48.6 Å². The number of sulfonamides is 1. The van der Waals surface area contributed by atoms with Crippen LogP contribution in [0.2, 0.25) is 0 Å². The van der Waals surface area contributed by atoms with Gasteiger partial charge in [0.2, 0.25) is 10.0 Å². The second-order valence-electron chi connectivity index (χ2n) is 8.34. The van der Waals surface area contributed by atoms with Crippen LogP contribution in [0.3, 0.4) is 0 Å². The van der Waals surface area contributed by atoms with Crippen LogP contribution in [0.4, 0.5) is 0 Å². The van der Waals surface area contributed by atoms with E-state index in [2.05, 4.69) is 35.8 Å². The lowest BCUT2D eigenvalue weighted by atomic mass is 10.1. The maximum Gasteiger partial charge on any atom is 0.243 e. The molecule has 0 aliphatic carbocycles. The number of fused-ring (bicyclic) bond motifs is 1. The fourth-order valence-electron chi connectivity index (χ4n) is 4.26. The molecule has 4 rings (SSSR count). The highest BCUT2D eigenvalue weighted by Crippen LogP contribution is 2.30. The molecule has 2 heterocycles. The molecule has 0 bridgehead atoms. The van der Waals surface area contributed by atoms with Crippen molar-refractivity contribution >= 4 is 32.8 Å². The monoisotopic (exact) mass is 487 g/mol. The number of hydrogen-bond donors (Lipinski definition) is 0. The van der Waals surface area contributed by atoms with Crippen LogP contribution >= 0.6 is 11.8 Å². The summed E-state index contributed by atoms with van der Waals surface area (Å²) < 4.78 is 35.6. The summed E-state index contributed by atoms with van der Waals surface area (Å²) in [7, 11) is -3.53. The van der Waals surface area contributed by atoms with E-state index in [0.29, 0.717) is 23.5 Å². The first kappa shape index (κ1) is 24.3. The zero-order valence-corrected chi connectivity index (χ0v) is 21.3. The highest BCUT2D eigenvalue weighted by Gasteiger charge is 2.24. The topological polar surface area (TPSA) is 64.4 Å². The fraction of sp³-hybridized carbons (Fsp3) is 0.480. The zero-order valence-electron chi connectivity index (χ0n) is 19.7. The van der Waals surface area contributed by atoms with Gasteiger partial charge in [0.15, 0.2) is 5.16 Å². The summed E-state index contributed by atoms with van der Waals surface area (Å²) in [6.07, 6.45) is 3.32. The molecular formula is C25H33N3O3S2. The molecule has 2 aromatic carbocycles. The Morgan fingerprint density at radius 3 is 2.45 bits per heavy atom. The van der Waals surface area contributed by atoms with E-state index >= 15 is 0 Å². The molecule has 8 heteroatoms. The van der Waals surface area contributed by atoms with E-state index in [1.807, 2.05) is 19.9 Å². The third kappa shape index (κ3) is 5.29. The zero-order chi connectivity index (χ0) is 23.4. The minimum atomic E-state index is -3.53. The summed E-state index contributed by atoms with van der Waals surface area (Å²) in [5, 5.41) is 0.900. The quantitative estimate of drug-likeness (QED) is 0.372. The lowest BCUT2D eigenvalue weighted by molar-refractivity contribution is 0.0960. The Labute approximate surface area is 201 Å². The number of aryl methyl sites for hydroxylation is 1. The Morgan fingerprint density at radius 1 is 1.09 bits per heavy atom. The molecule has 0 radical (unpaired) electrons. The maximum absolute atomic E-state index is 13.0. The summed E-state index contributed by atoms with van der Waals surface area (Å²) in [5.74, 6) is 0.809. The standard InChI is InChI=1S/C25H33N3O3S2/c1-4-19-9-11-20(12-10-19)18-32-25-26-23-16-22(33(29,30)27(5-2)6-3)13-14-24(23)28(25)17-21-8-7-15-31-21/h9-14,16,21H,4-8,15,17-18H2,1-3H3. The fourth-order valence-corrected chi connectivity index (χ4v) is 6.72. The average Bonchev–Trinajstić information content (AvgIpc) is 3.46. The first-order valence-electron chi connectivity index (χ1n) is 11.8. The molecule has 6 nitrogen and oxygen atoms in total. The predicted octanol–water partition coefficient (Wildman–Crippen LogP) is 5.10. The van der Waals surface area contributed by atoms with Crippen LogP contribution in [0.1, 0.15) is 44.7 Å². The number of imidazole rings is 1.